The third-order valence-corrected chi connectivity index (χ3v) is 5.14. The fourth-order valence-electron chi connectivity index (χ4n) is 3.82. The zero-order chi connectivity index (χ0) is 17.9. The summed E-state index contributed by atoms with van der Waals surface area (Å²) in [6.07, 6.45) is 10.2. The van der Waals surface area contributed by atoms with Gasteiger partial charge in [0.25, 0.3) is 5.91 Å². The molecule has 0 saturated heterocycles. The van der Waals surface area contributed by atoms with Crippen LogP contribution in [0.25, 0.3) is 0 Å². The van der Waals surface area contributed by atoms with Crippen molar-refractivity contribution in [3.05, 3.63) is 42.0 Å². The molecule has 7 heteroatoms. The molecule has 1 aromatic carbocycles. The molecule has 7 nitrogen and oxygen atoms in total. The van der Waals surface area contributed by atoms with Gasteiger partial charge >= 0.3 is 0 Å². The van der Waals surface area contributed by atoms with E-state index in [9.17, 15) is 4.79 Å². The van der Waals surface area contributed by atoms with Crippen molar-refractivity contribution in [2.45, 2.75) is 44.2 Å². The monoisotopic (exact) mass is 352 g/mol. The highest BCUT2D eigenvalue weighted by Gasteiger charge is 2.25. The van der Waals surface area contributed by atoms with E-state index in [0.29, 0.717) is 12.1 Å². The first-order valence-corrected chi connectivity index (χ1v) is 9.20. The molecule has 1 saturated carbocycles. The molecule has 0 spiro atoms. The number of hydrogen-bond acceptors (Lipinski definition) is 6. The molecule has 2 unspecified atom stereocenters. The number of benzene rings is 1. The number of carbonyl (C=O) groups is 1. The number of amides is 1. The molecular weight excluding hydrogens is 328 g/mol. The molecule has 0 bridgehead atoms. The highest BCUT2D eigenvalue weighted by Crippen LogP contribution is 2.31. The van der Waals surface area contributed by atoms with E-state index in [-0.39, 0.29) is 18.0 Å². The fraction of sp³-hybridized carbons (Fsp3) is 0.421. The van der Waals surface area contributed by atoms with Crippen molar-refractivity contribution in [1.82, 2.24) is 15.3 Å². The Balaban J connectivity index is 1.67. The Bertz CT molecular complexity index is 794. The molecule has 136 valence electrons. The van der Waals surface area contributed by atoms with Crippen molar-refractivity contribution in [1.29, 1.82) is 0 Å². The summed E-state index contributed by atoms with van der Waals surface area (Å²) in [6, 6.07) is 4.51. The SMILES string of the molecule is NC1CCCCC1Nc1cc2c(c(Nc3cncnc3)c1)C(=O)NCC2. The molecule has 26 heavy (non-hydrogen) atoms. The van der Waals surface area contributed by atoms with Gasteiger partial charge < -0.3 is 21.7 Å². The zero-order valence-corrected chi connectivity index (χ0v) is 14.7. The molecule has 4 rings (SSSR count). The molecule has 2 atom stereocenters. The molecule has 2 aliphatic rings. The quantitative estimate of drug-likeness (QED) is 0.672. The van der Waals surface area contributed by atoms with E-state index in [1.807, 2.05) is 6.07 Å². The van der Waals surface area contributed by atoms with E-state index in [2.05, 4.69) is 32.0 Å². The third-order valence-electron chi connectivity index (χ3n) is 5.14. The summed E-state index contributed by atoms with van der Waals surface area (Å²) in [7, 11) is 0. The number of fused-ring (bicyclic) bond motifs is 1. The van der Waals surface area contributed by atoms with Gasteiger partial charge in [0.05, 0.1) is 29.3 Å². The Morgan fingerprint density at radius 1 is 1.12 bits per heavy atom. The summed E-state index contributed by atoms with van der Waals surface area (Å²) in [5, 5.41) is 9.81. The molecule has 1 aliphatic heterocycles. The molecule has 0 radical (unpaired) electrons. The summed E-state index contributed by atoms with van der Waals surface area (Å²) in [4.78, 5) is 20.5. The van der Waals surface area contributed by atoms with Crippen molar-refractivity contribution >= 4 is 23.0 Å². The van der Waals surface area contributed by atoms with Crippen LogP contribution in [0.3, 0.4) is 0 Å². The first-order chi connectivity index (χ1) is 12.7. The van der Waals surface area contributed by atoms with Crippen LogP contribution < -0.4 is 21.7 Å². The summed E-state index contributed by atoms with van der Waals surface area (Å²) < 4.78 is 0. The smallest absolute Gasteiger partial charge is 0.253 e. The summed E-state index contributed by atoms with van der Waals surface area (Å²) in [5.41, 5.74) is 10.5. The van der Waals surface area contributed by atoms with Gasteiger partial charge in [-0.25, -0.2) is 9.97 Å². The fourth-order valence-corrected chi connectivity index (χ4v) is 3.82. The number of nitrogens with zero attached hydrogens (tertiary/aromatic N) is 2. The maximum absolute atomic E-state index is 12.4. The Hall–Kier alpha value is -2.67. The van der Waals surface area contributed by atoms with Crippen LogP contribution in [0.4, 0.5) is 17.1 Å². The Morgan fingerprint density at radius 3 is 2.73 bits per heavy atom. The highest BCUT2D eigenvalue weighted by atomic mass is 16.1. The third kappa shape index (κ3) is 3.48. The van der Waals surface area contributed by atoms with Crippen LogP contribution in [0.5, 0.6) is 0 Å². The maximum Gasteiger partial charge on any atom is 0.253 e. The van der Waals surface area contributed by atoms with Gasteiger partial charge in [-0.2, -0.15) is 0 Å². The normalized spacial score (nSPS) is 22.3. The highest BCUT2D eigenvalue weighted by molar-refractivity contribution is 6.03. The lowest BCUT2D eigenvalue weighted by Crippen LogP contribution is -2.42. The lowest BCUT2D eigenvalue weighted by molar-refractivity contribution is 0.0947. The van der Waals surface area contributed by atoms with Crippen LogP contribution >= 0.6 is 0 Å². The van der Waals surface area contributed by atoms with Crippen LogP contribution in [-0.2, 0) is 6.42 Å². The summed E-state index contributed by atoms with van der Waals surface area (Å²) in [5.74, 6) is -0.0495. The van der Waals surface area contributed by atoms with Crippen LogP contribution in [0, 0.1) is 0 Å². The zero-order valence-electron chi connectivity index (χ0n) is 14.7. The van der Waals surface area contributed by atoms with E-state index in [0.717, 1.165) is 41.9 Å². The topological polar surface area (TPSA) is 105 Å². The van der Waals surface area contributed by atoms with Crippen molar-refractivity contribution in [3.8, 4) is 0 Å². The number of nitrogens with one attached hydrogen (secondary N) is 3. The number of rotatable bonds is 4. The maximum atomic E-state index is 12.4. The summed E-state index contributed by atoms with van der Waals surface area (Å²) in [6.45, 7) is 0.659. The van der Waals surface area contributed by atoms with E-state index < -0.39 is 0 Å². The van der Waals surface area contributed by atoms with E-state index in [1.165, 1.54) is 19.2 Å². The number of nitrogens with two attached hydrogens (primary N) is 1. The minimum absolute atomic E-state index is 0.0495. The predicted octanol–water partition coefficient (Wildman–Crippen LogP) is 2.19. The number of anilines is 3. The Kier molecular flexibility index (Phi) is 4.71. The van der Waals surface area contributed by atoms with Gasteiger partial charge in [0.2, 0.25) is 0 Å². The molecule has 1 fully saturated rings. The molecule has 2 heterocycles. The number of carbonyl (C=O) groups excluding carboxylic acids is 1. The first-order valence-electron chi connectivity index (χ1n) is 9.20. The van der Waals surface area contributed by atoms with E-state index in [1.54, 1.807) is 12.4 Å². The molecule has 1 aliphatic carbocycles. The lowest BCUT2D eigenvalue weighted by atomic mass is 9.90. The average molecular weight is 352 g/mol. The Morgan fingerprint density at radius 2 is 1.92 bits per heavy atom. The molecule has 1 aromatic heterocycles. The van der Waals surface area contributed by atoms with Gasteiger partial charge in [0.1, 0.15) is 6.33 Å². The van der Waals surface area contributed by atoms with Crippen molar-refractivity contribution in [3.63, 3.8) is 0 Å². The second kappa shape index (κ2) is 7.29. The largest absolute Gasteiger partial charge is 0.381 e. The molecular formula is C19H24N6O. The number of hydrogen-bond donors (Lipinski definition) is 4. The van der Waals surface area contributed by atoms with Gasteiger partial charge in [0.15, 0.2) is 0 Å². The molecule has 5 N–H and O–H groups in total. The van der Waals surface area contributed by atoms with Gasteiger partial charge in [0, 0.05) is 24.3 Å². The summed E-state index contributed by atoms with van der Waals surface area (Å²) >= 11 is 0. The van der Waals surface area contributed by atoms with Crippen molar-refractivity contribution in [2.75, 3.05) is 17.2 Å². The second-order valence-corrected chi connectivity index (χ2v) is 7.02. The van der Waals surface area contributed by atoms with Gasteiger partial charge in [-0.1, -0.05) is 12.8 Å². The van der Waals surface area contributed by atoms with Crippen LogP contribution in [-0.4, -0.2) is 34.5 Å². The Labute approximate surface area is 152 Å². The molecule has 1 amide bonds. The average Bonchev–Trinajstić information content (AvgIpc) is 2.64. The minimum atomic E-state index is -0.0495. The van der Waals surface area contributed by atoms with E-state index >= 15 is 0 Å². The van der Waals surface area contributed by atoms with Crippen LogP contribution in [0.1, 0.15) is 41.6 Å². The first kappa shape index (κ1) is 16.8. The van der Waals surface area contributed by atoms with Crippen LogP contribution in [0.15, 0.2) is 30.9 Å². The predicted molar refractivity (Wildman–Crippen MR) is 102 cm³/mol. The lowest BCUT2D eigenvalue weighted by Gasteiger charge is -2.31. The van der Waals surface area contributed by atoms with Crippen molar-refractivity contribution < 1.29 is 4.79 Å². The van der Waals surface area contributed by atoms with Crippen molar-refractivity contribution in [2.24, 2.45) is 5.73 Å². The van der Waals surface area contributed by atoms with Gasteiger partial charge in [-0.3, -0.25) is 4.79 Å². The standard InChI is InChI=1S/C19H24N6O/c20-15-3-1-2-4-16(15)24-13-7-12-5-6-23-19(26)18(12)17(8-13)25-14-9-21-11-22-10-14/h7-11,15-16,24-25H,1-6,20H2,(H,23,26). The second-order valence-electron chi connectivity index (χ2n) is 7.02. The van der Waals surface area contributed by atoms with Crippen LogP contribution in [0.2, 0.25) is 0 Å². The van der Waals surface area contributed by atoms with Gasteiger partial charge in [-0.15, -0.1) is 0 Å². The van der Waals surface area contributed by atoms with E-state index in [4.69, 9.17) is 5.73 Å². The minimum Gasteiger partial charge on any atom is -0.381 e. The molecule has 2 aromatic rings. The van der Waals surface area contributed by atoms with Gasteiger partial charge in [-0.05, 0) is 37.0 Å². The number of aromatic nitrogens is 2.